The Morgan fingerprint density at radius 3 is 2.38 bits per heavy atom. The normalized spacial score (nSPS) is 17.9. The molecule has 0 fully saturated rings. The summed E-state index contributed by atoms with van der Waals surface area (Å²) in [4.78, 5) is 10.4. The molecule has 0 radical (unpaired) electrons. The van der Waals surface area contributed by atoms with Crippen molar-refractivity contribution in [2.24, 2.45) is 5.73 Å². The highest BCUT2D eigenvalue weighted by Crippen LogP contribution is 2.29. The molecule has 0 aromatic rings. The van der Waals surface area contributed by atoms with Gasteiger partial charge in [0.1, 0.15) is 0 Å². The third-order valence-electron chi connectivity index (χ3n) is 0.768. The molecule has 1 atom stereocenters. The highest BCUT2D eigenvalue weighted by molar-refractivity contribution is 7.55. The van der Waals surface area contributed by atoms with E-state index in [1.165, 1.54) is 6.66 Å². The minimum absolute atomic E-state index is 0.240. The minimum Gasteiger partial charge on any atom is -0.799 e. The lowest BCUT2D eigenvalue weighted by atomic mass is 10.5. The molecule has 0 bridgehead atoms. The van der Waals surface area contributed by atoms with Crippen molar-refractivity contribution >= 4 is 7.37 Å². The molecule has 50 valence electrons. The molecule has 0 amide bonds. The van der Waals surface area contributed by atoms with Gasteiger partial charge in [0, 0.05) is 7.37 Å². The molecule has 8 heavy (non-hydrogen) atoms. The van der Waals surface area contributed by atoms with Gasteiger partial charge in [0.05, 0.1) is 0 Å². The van der Waals surface area contributed by atoms with Crippen molar-refractivity contribution in [3.63, 3.8) is 0 Å². The second-order valence-electron chi connectivity index (χ2n) is 1.88. The zero-order valence-electron chi connectivity index (χ0n) is 4.96. The van der Waals surface area contributed by atoms with E-state index in [1.807, 2.05) is 0 Å². The van der Waals surface area contributed by atoms with Gasteiger partial charge in [0.25, 0.3) is 0 Å². The molecule has 0 aromatic heterocycles. The highest BCUT2D eigenvalue weighted by atomic mass is 31.2. The fraction of sp³-hybridized carbons (Fsp3) is 1.00. The van der Waals surface area contributed by atoms with E-state index in [-0.39, 0.29) is 6.16 Å². The van der Waals surface area contributed by atoms with Gasteiger partial charge >= 0.3 is 0 Å². The fourth-order valence-electron chi connectivity index (χ4n) is 0.379. The van der Waals surface area contributed by atoms with Crippen LogP contribution in [0.3, 0.4) is 0 Å². The molecule has 3 nitrogen and oxygen atoms in total. The Morgan fingerprint density at radius 2 is 2.25 bits per heavy atom. The zero-order valence-corrected chi connectivity index (χ0v) is 5.86. The van der Waals surface area contributed by atoms with Crippen LogP contribution in [0.2, 0.25) is 0 Å². The molecule has 0 aliphatic carbocycles. The Kier molecular flexibility index (Phi) is 3.29. The SMILES string of the molecule is CP(=O)([O-])CCCN. The van der Waals surface area contributed by atoms with Crippen LogP contribution in [0.25, 0.3) is 0 Å². The summed E-state index contributed by atoms with van der Waals surface area (Å²) in [5.74, 6) is 0. The van der Waals surface area contributed by atoms with Crippen molar-refractivity contribution in [1.82, 2.24) is 0 Å². The summed E-state index contributed by atoms with van der Waals surface area (Å²) in [6.45, 7) is 1.70. The molecule has 0 rings (SSSR count). The van der Waals surface area contributed by atoms with E-state index in [9.17, 15) is 9.46 Å². The minimum atomic E-state index is -3.01. The molecular formula is C4H11NO2P-. The van der Waals surface area contributed by atoms with E-state index >= 15 is 0 Å². The van der Waals surface area contributed by atoms with Crippen molar-refractivity contribution < 1.29 is 9.46 Å². The Balaban J connectivity index is 3.26. The topological polar surface area (TPSA) is 66.1 Å². The van der Waals surface area contributed by atoms with Crippen molar-refractivity contribution in [2.75, 3.05) is 19.4 Å². The molecule has 0 saturated heterocycles. The van der Waals surface area contributed by atoms with E-state index in [0.29, 0.717) is 13.0 Å². The van der Waals surface area contributed by atoms with E-state index < -0.39 is 7.37 Å². The first-order chi connectivity index (χ1) is 3.56. The zero-order chi connectivity index (χ0) is 6.62. The molecule has 0 aliphatic heterocycles. The lowest BCUT2D eigenvalue weighted by molar-refractivity contribution is -0.173. The molecular weight excluding hydrogens is 125 g/mol. The first-order valence-corrected chi connectivity index (χ1v) is 4.79. The van der Waals surface area contributed by atoms with Crippen molar-refractivity contribution in [2.45, 2.75) is 6.42 Å². The van der Waals surface area contributed by atoms with Crippen LogP contribution in [0.15, 0.2) is 0 Å². The molecule has 2 N–H and O–H groups in total. The lowest BCUT2D eigenvalue weighted by Crippen LogP contribution is -2.07. The standard InChI is InChI=1S/C4H12NO2P/c1-8(6,7)4-2-3-5/h2-5H2,1H3,(H,6,7)/p-1. The molecule has 0 aliphatic rings. The molecule has 4 heteroatoms. The van der Waals surface area contributed by atoms with Crippen LogP contribution in [0, 0.1) is 0 Å². The van der Waals surface area contributed by atoms with Crippen molar-refractivity contribution in [3.8, 4) is 0 Å². The quantitative estimate of drug-likeness (QED) is 0.537. The van der Waals surface area contributed by atoms with Crippen LogP contribution in [-0.2, 0) is 4.57 Å². The maximum atomic E-state index is 10.4. The van der Waals surface area contributed by atoms with E-state index in [1.54, 1.807) is 0 Å². The van der Waals surface area contributed by atoms with Gasteiger partial charge in [-0.3, -0.25) is 0 Å². The van der Waals surface area contributed by atoms with Gasteiger partial charge < -0.3 is 15.2 Å². The second kappa shape index (κ2) is 3.23. The lowest BCUT2D eigenvalue weighted by Gasteiger charge is -2.15. The summed E-state index contributed by atoms with van der Waals surface area (Å²) in [6.07, 6.45) is 0.820. The first-order valence-electron chi connectivity index (χ1n) is 2.54. The van der Waals surface area contributed by atoms with Gasteiger partial charge in [-0.1, -0.05) is 0 Å². The third kappa shape index (κ3) is 6.15. The van der Waals surface area contributed by atoms with E-state index in [0.717, 1.165) is 0 Å². The largest absolute Gasteiger partial charge is 0.799 e. The fourth-order valence-corrected chi connectivity index (χ4v) is 1.14. The van der Waals surface area contributed by atoms with Gasteiger partial charge in [-0.25, -0.2) is 0 Å². The molecule has 0 aromatic carbocycles. The first kappa shape index (κ1) is 8.15. The third-order valence-corrected chi connectivity index (χ3v) is 1.90. The Bertz CT molecular complexity index is 98.2. The summed E-state index contributed by atoms with van der Waals surface area (Å²) in [6, 6.07) is 0. The van der Waals surface area contributed by atoms with Crippen LogP contribution in [-0.4, -0.2) is 19.4 Å². The van der Waals surface area contributed by atoms with Crippen LogP contribution in [0.1, 0.15) is 6.42 Å². The number of nitrogens with two attached hydrogens (primary N) is 1. The van der Waals surface area contributed by atoms with Crippen LogP contribution in [0.4, 0.5) is 0 Å². The van der Waals surface area contributed by atoms with Gasteiger partial charge in [-0.2, -0.15) is 0 Å². The molecule has 1 unspecified atom stereocenters. The predicted molar refractivity (Wildman–Crippen MR) is 32.1 cm³/mol. The average Bonchev–Trinajstić information content (AvgIpc) is 1.59. The highest BCUT2D eigenvalue weighted by Gasteiger charge is 1.95. The predicted octanol–water partition coefficient (Wildman–Crippen LogP) is -0.397. The van der Waals surface area contributed by atoms with E-state index in [2.05, 4.69) is 0 Å². The smallest absolute Gasteiger partial charge is 0.0118 e. The van der Waals surface area contributed by atoms with Gasteiger partial charge in [0.2, 0.25) is 0 Å². The summed E-state index contributed by atoms with van der Waals surface area (Å²) in [5.41, 5.74) is 5.08. The Hall–Kier alpha value is 0.150. The monoisotopic (exact) mass is 136 g/mol. The average molecular weight is 136 g/mol. The number of rotatable bonds is 3. The Morgan fingerprint density at radius 1 is 1.75 bits per heavy atom. The Labute approximate surface area is 49.3 Å². The maximum absolute atomic E-state index is 10.4. The summed E-state index contributed by atoms with van der Waals surface area (Å²) < 4.78 is 10.4. The number of hydrogen-bond donors (Lipinski definition) is 1. The second-order valence-corrected chi connectivity index (χ2v) is 4.36. The van der Waals surface area contributed by atoms with Crippen LogP contribution in [0.5, 0.6) is 0 Å². The van der Waals surface area contributed by atoms with Crippen LogP contribution >= 0.6 is 7.37 Å². The molecule has 0 heterocycles. The maximum Gasteiger partial charge on any atom is 0.0118 e. The van der Waals surface area contributed by atoms with Crippen molar-refractivity contribution in [1.29, 1.82) is 0 Å². The summed E-state index contributed by atoms with van der Waals surface area (Å²) in [5, 5.41) is 0. The summed E-state index contributed by atoms with van der Waals surface area (Å²) >= 11 is 0. The molecule has 0 saturated carbocycles. The van der Waals surface area contributed by atoms with Crippen molar-refractivity contribution in [3.05, 3.63) is 0 Å². The van der Waals surface area contributed by atoms with Gasteiger partial charge in [-0.15, -0.1) is 0 Å². The van der Waals surface area contributed by atoms with Crippen LogP contribution < -0.4 is 10.6 Å². The van der Waals surface area contributed by atoms with E-state index in [4.69, 9.17) is 5.73 Å². The van der Waals surface area contributed by atoms with Gasteiger partial charge in [0.15, 0.2) is 0 Å². The summed E-state index contributed by atoms with van der Waals surface area (Å²) in [7, 11) is -3.01. The number of hydrogen-bond acceptors (Lipinski definition) is 3. The van der Waals surface area contributed by atoms with Gasteiger partial charge in [-0.05, 0) is 25.8 Å². The molecule has 0 spiro atoms.